The molecule has 0 aliphatic rings. The van der Waals surface area contributed by atoms with Gasteiger partial charge < -0.3 is 20.1 Å². The molecule has 23 heavy (non-hydrogen) atoms. The van der Waals surface area contributed by atoms with Crippen LogP contribution in [0.1, 0.15) is 18.9 Å². The largest absolute Gasteiger partial charge is 0.497 e. The Morgan fingerprint density at radius 1 is 1.09 bits per heavy atom. The zero-order valence-corrected chi connectivity index (χ0v) is 13.5. The molecule has 0 aromatic heterocycles. The van der Waals surface area contributed by atoms with Crippen molar-refractivity contribution >= 4 is 11.7 Å². The van der Waals surface area contributed by atoms with Gasteiger partial charge in [0.15, 0.2) is 0 Å². The molecule has 5 heteroatoms. The minimum absolute atomic E-state index is 0.263. The molecule has 2 aromatic carbocycles. The molecule has 0 aliphatic carbocycles. The summed E-state index contributed by atoms with van der Waals surface area (Å²) < 4.78 is 10.7. The number of carbonyl (C=O) groups is 1. The van der Waals surface area contributed by atoms with Crippen molar-refractivity contribution in [3.8, 4) is 11.5 Å². The van der Waals surface area contributed by atoms with Crippen LogP contribution in [-0.2, 0) is 6.54 Å². The van der Waals surface area contributed by atoms with Crippen LogP contribution in [0.2, 0.25) is 0 Å². The Morgan fingerprint density at radius 2 is 1.87 bits per heavy atom. The summed E-state index contributed by atoms with van der Waals surface area (Å²) in [7, 11) is 1.62. The van der Waals surface area contributed by atoms with Gasteiger partial charge in [-0.3, -0.25) is 0 Å². The molecular formula is C18H22N2O3. The number of amides is 2. The highest BCUT2D eigenvalue weighted by atomic mass is 16.5. The Balaban J connectivity index is 1.86. The summed E-state index contributed by atoms with van der Waals surface area (Å²) in [6.07, 6.45) is 0.943. The highest BCUT2D eigenvalue weighted by Gasteiger charge is 2.03. The Morgan fingerprint density at radius 3 is 2.65 bits per heavy atom. The fraction of sp³-hybridized carbons (Fsp3) is 0.278. The van der Waals surface area contributed by atoms with E-state index >= 15 is 0 Å². The third kappa shape index (κ3) is 5.54. The van der Waals surface area contributed by atoms with E-state index in [1.807, 2.05) is 49.4 Å². The molecule has 2 rings (SSSR count). The second kappa shape index (κ2) is 8.68. The molecule has 122 valence electrons. The van der Waals surface area contributed by atoms with E-state index < -0.39 is 0 Å². The van der Waals surface area contributed by atoms with Gasteiger partial charge in [0, 0.05) is 18.3 Å². The van der Waals surface area contributed by atoms with Crippen LogP contribution in [0.4, 0.5) is 10.5 Å². The lowest BCUT2D eigenvalue weighted by atomic mass is 10.2. The molecule has 0 unspecified atom stereocenters. The molecule has 2 aromatic rings. The van der Waals surface area contributed by atoms with E-state index in [0.29, 0.717) is 18.8 Å². The molecule has 0 radical (unpaired) electrons. The zero-order chi connectivity index (χ0) is 16.5. The molecule has 2 N–H and O–H groups in total. The van der Waals surface area contributed by atoms with Crippen LogP contribution >= 0.6 is 0 Å². The molecule has 0 saturated heterocycles. The molecule has 0 aliphatic heterocycles. The number of hydrogen-bond acceptors (Lipinski definition) is 3. The van der Waals surface area contributed by atoms with Crippen molar-refractivity contribution in [2.24, 2.45) is 0 Å². The smallest absolute Gasteiger partial charge is 0.319 e. The Hall–Kier alpha value is -2.69. The third-order valence-electron chi connectivity index (χ3n) is 3.15. The van der Waals surface area contributed by atoms with E-state index in [1.54, 1.807) is 13.2 Å². The zero-order valence-electron chi connectivity index (χ0n) is 13.5. The highest BCUT2D eigenvalue weighted by molar-refractivity contribution is 5.89. The molecule has 0 heterocycles. The van der Waals surface area contributed by atoms with Crippen LogP contribution < -0.4 is 20.1 Å². The van der Waals surface area contributed by atoms with Crippen LogP contribution in [0.3, 0.4) is 0 Å². The number of nitrogens with one attached hydrogen (secondary N) is 2. The maximum atomic E-state index is 12.0. The Bertz CT molecular complexity index is 644. The van der Waals surface area contributed by atoms with Gasteiger partial charge in [0.05, 0.1) is 13.7 Å². The average molecular weight is 314 g/mol. The molecule has 0 fully saturated rings. The lowest BCUT2D eigenvalue weighted by Crippen LogP contribution is -2.28. The van der Waals surface area contributed by atoms with Crippen molar-refractivity contribution in [1.82, 2.24) is 5.32 Å². The van der Waals surface area contributed by atoms with Crippen LogP contribution in [0.5, 0.6) is 11.5 Å². The van der Waals surface area contributed by atoms with E-state index in [-0.39, 0.29) is 6.03 Å². The summed E-state index contributed by atoms with van der Waals surface area (Å²) in [5, 5.41) is 5.61. The first-order valence-electron chi connectivity index (χ1n) is 7.62. The van der Waals surface area contributed by atoms with Crippen molar-refractivity contribution in [2.45, 2.75) is 19.9 Å². The average Bonchev–Trinajstić information content (AvgIpc) is 2.58. The van der Waals surface area contributed by atoms with E-state index in [4.69, 9.17) is 9.47 Å². The number of benzene rings is 2. The van der Waals surface area contributed by atoms with Crippen LogP contribution in [0, 0.1) is 0 Å². The molecule has 0 spiro atoms. The number of hydrogen-bond donors (Lipinski definition) is 2. The minimum Gasteiger partial charge on any atom is -0.497 e. The van der Waals surface area contributed by atoms with Crippen molar-refractivity contribution < 1.29 is 14.3 Å². The molecule has 0 bridgehead atoms. The minimum atomic E-state index is -0.263. The monoisotopic (exact) mass is 314 g/mol. The Kier molecular flexibility index (Phi) is 6.29. The van der Waals surface area contributed by atoms with Crippen molar-refractivity contribution in [1.29, 1.82) is 0 Å². The quantitative estimate of drug-likeness (QED) is 0.817. The third-order valence-corrected chi connectivity index (χ3v) is 3.15. The number of rotatable bonds is 7. The number of anilines is 1. The van der Waals surface area contributed by atoms with Gasteiger partial charge in [-0.1, -0.05) is 25.1 Å². The van der Waals surface area contributed by atoms with Crippen molar-refractivity contribution in [3.05, 3.63) is 54.1 Å². The maximum Gasteiger partial charge on any atom is 0.319 e. The van der Waals surface area contributed by atoms with Gasteiger partial charge in [-0.2, -0.15) is 0 Å². The number of carbonyl (C=O) groups excluding carboxylic acids is 1. The predicted octanol–water partition coefficient (Wildman–Crippen LogP) is 3.81. The van der Waals surface area contributed by atoms with Crippen molar-refractivity contribution in [3.63, 3.8) is 0 Å². The van der Waals surface area contributed by atoms with Gasteiger partial charge in [0.25, 0.3) is 0 Å². The highest BCUT2D eigenvalue weighted by Crippen LogP contribution is 2.17. The van der Waals surface area contributed by atoms with Gasteiger partial charge in [0.2, 0.25) is 0 Å². The van der Waals surface area contributed by atoms with Gasteiger partial charge in [0.1, 0.15) is 11.5 Å². The first kappa shape index (κ1) is 16.7. The molecule has 5 nitrogen and oxygen atoms in total. The summed E-state index contributed by atoms with van der Waals surface area (Å²) >= 11 is 0. The summed E-state index contributed by atoms with van der Waals surface area (Å²) in [6.45, 7) is 3.13. The molecular weight excluding hydrogens is 292 g/mol. The summed E-state index contributed by atoms with van der Waals surface area (Å²) in [6, 6.07) is 14.7. The fourth-order valence-electron chi connectivity index (χ4n) is 2.02. The predicted molar refractivity (Wildman–Crippen MR) is 91.1 cm³/mol. The van der Waals surface area contributed by atoms with Gasteiger partial charge >= 0.3 is 6.03 Å². The molecule has 0 atom stereocenters. The number of urea groups is 1. The number of methoxy groups -OCH3 is 1. The normalized spacial score (nSPS) is 10.0. The maximum absolute atomic E-state index is 12.0. The van der Waals surface area contributed by atoms with Gasteiger partial charge in [-0.05, 0) is 36.2 Å². The first-order chi connectivity index (χ1) is 11.2. The second-order valence-electron chi connectivity index (χ2n) is 5.04. The summed E-state index contributed by atoms with van der Waals surface area (Å²) in [4.78, 5) is 12.0. The van der Waals surface area contributed by atoms with Crippen LogP contribution in [-0.4, -0.2) is 19.7 Å². The van der Waals surface area contributed by atoms with E-state index in [0.717, 1.165) is 23.5 Å². The van der Waals surface area contributed by atoms with Gasteiger partial charge in [-0.25, -0.2) is 4.79 Å². The summed E-state index contributed by atoms with van der Waals surface area (Å²) in [5.74, 6) is 1.52. The van der Waals surface area contributed by atoms with Crippen LogP contribution in [0.15, 0.2) is 48.5 Å². The number of ether oxygens (including phenoxy) is 2. The fourth-order valence-corrected chi connectivity index (χ4v) is 2.02. The summed E-state index contributed by atoms with van der Waals surface area (Å²) in [5.41, 5.74) is 1.67. The SMILES string of the molecule is CCCOc1cccc(NC(=O)NCc2cccc(OC)c2)c1. The molecule has 2 amide bonds. The lowest BCUT2D eigenvalue weighted by Gasteiger charge is -2.10. The Labute approximate surface area is 136 Å². The topological polar surface area (TPSA) is 59.6 Å². The first-order valence-corrected chi connectivity index (χ1v) is 7.62. The molecule has 0 saturated carbocycles. The second-order valence-corrected chi connectivity index (χ2v) is 5.04. The van der Waals surface area contributed by atoms with Gasteiger partial charge in [-0.15, -0.1) is 0 Å². The van der Waals surface area contributed by atoms with E-state index in [9.17, 15) is 4.79 Å². The van der Waals surface area contributed by atoms with Crippen LogP contribution in [0.25, 0.3) is 0 Å². The lowest BCUT2D eigenvalue weighted by molar-refractivity contribution is 0.251. The standard InChI is InChI=1S/C18H22N2O3/c1-3-10-23-17-9-5-7-15(12-17)20-18(21)19-13-14-6-4-8-16(11-14)22-2/h4-9,11-12H,3,10,13H2,1-2H3,(H2,19,20,21). The van der Waals surface area contributed by atoms with Crippen molar-refractivity contribution in [2.75, 3.05) is 19.0 Å². The van der Waals surface area contributed by atoms with E-state index in [1.165, 1.54) is 0 Å². The van der Waals surface area contributed by atoms with E-state index in [2.05, 4.69) is 10.6 Å².